The minimum atomic E-state index is -2.65. The third-order valence-electron chi connectivity index (χ3n) is 1.82. The Morgan fingerprint density at radius 2 is 2.07 bits per heavy atom. The Balaban J connectivity index is 2.79. The highest BCUT2D eigenvalue weighted by Crippen LogP contribution is 2.31. The highest BCUT2D eigenvalue weighted by Gasteiger charge is 2.17. The van der Waals surface area contributed by atoms with E-state index in [1.54, 1.807) is 0 Å². The Labute approximate surface area is 85.2 Å². The second-order valence-electron chi connectivity index (χ2n) is 2.72. The van der Waals surface area contributed by atoms with Crippen LogP contribution < -0.4 is 0 Å². The zero-order valence-electron chi connectivity index (χ0n) is 6.69. The lowest BCUT2D eigenvalue weighted by Crippen LogP contribution is -1.85. The maximum absolute atomic E-state index is 12.8. The van der Waals surface area contributed by atoms with Crippen LogP contribution in [0.5, 0.6) is 0 Å². The van der Waals surface area contributed by atoms with Crippen LogP contribution in [0.15, 0.2) is 16.6 Å². The van der Waals surface area contributed by atoms with Gasteiger partial charge in [0.15, 0.2) is 0 Å². The summed E-state index contributed by atoms with van der Waals surface area (Å²) in [7, 11) is 0. The van der Waals surface area contributed by atoms with E-state index in [9.17, 15) is 13.2 Å². The Morgan fingerprint density at radius 1 is 1.36 bits per heavy atom. The number of benzene rings is 1. The van der Waals surface area contributed by atoms with E-state index < -0.39 is 12.2 Å². The first-order valence-electron chi connectivity index (χ1n) is 3.70. The van der Waals surface area contributed by atoms with Crippen LogP contribution in [0.3, 0.4) is 0 Å². The van der Waals surface area contributed by atoms with Gasteiger partial charge in [-0.2, -0.15) is 5.10 Å². The van der Waals surface area contributed by atoms with Crippen molar-refractivity contribution in [2.45, 2.75) is 6.43 Å². The SMILES string of the molecule is Fc1cc(Br)c2c(C(F)F)[nH]nc2c1. The smallest absolute Gasteiger partial charge is 0.275 e. The van der Waals surface area contributed by atoms with Gasteiger partial charge in [-0.05, 0) is 22.0 Å². The second kappa shape index (κ2) is 3.27. The third kappa shape index (κ3) is 1.39. The number of aromatic amines is 1. The molecule has 0 amide bonds. The van der Waals surface area contributed by atoms with Crippen LogP contribution >= 0.6 is 15.9 Å². The zero-order valence-corrected chi connectivity index (χ0v) is 8.28. The lowest BCUT2D eigenvalue weighted by molar-refractivity contribution is 0.147. The molecule has 0 bridgehead atoms. The molecule has 0 aliphatic carbocycles. The van der Waals surface area contributed by atoms with Crippen molar-refractivity contribution in [1.82, 2.24) is 10.2 Å². The zero-order chi connectivity index (χ0) is 10.3. The molecule has 0 radical (unpaired) electrons. The van der Waals surface area contributed by atoms with Crippen molar-refractivity contribution in [2.75, 3.05) is 0 Å². The maximum Gasteiger partial charge on any atom is 0.280 e. The quantitative estimate of drug-likeness (QED) is 0.841. The largest absolute Gasteiger partial charge is 0.280 e. The Kier molecular flexibility index (Phi) is 2.22. The van der Waals surface area contributed by atoms with Crippen LogP contribution in [0.25, 0.3) is 10.9 Å². The van der Waals surface area contributed by atoms with Crippen LogP contribution in [0.1, 0.15) is 12.1 Å². The predicted octanol–water partition coefficient (Wildman–Crippen LogP) is 3.40. The molecule has 74 valence electrons. The molecule has 1 aromatic carbocycles. The topological polar surface area (TPSA) is 28.7 Å². The van der Waals surface area contributed by atoms with Gasteiger partial charge in [0.25, 0.3) is 6.43 Å². The highest BCUT2D eigenvalue weighted by molar-refractivity contribution is 9.10. The number of halogens is 4. The highest BCUT2D eigenvalue weighted by atomic mass is 79.9. The summed E-state index contributed by atoms with van der Waals surface area (Å²) in [6, 6.07) is 2.23. The van der Waals surface area contributed by atoms with Crippen molar-refractivity contribution < 1.29 is 13.2 Å². The van der Waals surface area contributed by atoms with Crippen molar-refractivity contribution in [3.05, 3.63) is 28.1 Å². The number of nitrogens with one attached hydrogen (secondary N) is 1. The summed E-state index contributed by atoms with van der Waals surface area (Å²) in [5.74, 6) is -0.517. The van der Waals surface area contributed by atoms with E-state index in [1.165, 1.54) is 0 Å². The summed E-state index contributed by atoms with van der Waals surface area (Å²) in [6.07, 6.45) is -2.65. The van der Waals surface area contributed by atoms with Crippen LogP contribution in [0, 0.1) is 5.82 Å². The predicted molar refractivity (Wildman–Crippen MR) is 48.7 cm³/mol. The number of rotatable bonds is 1. The second-order valence-corrected chi connectivity index (χ2v) is 3.57. The van der Waals surface area contributed by atoms with E-state index in [1.807, 2.05) is 0 Å². The summed E-state index contributed by atoms with van der Waals surface area (Å²) in [5, 5.41) is 5.99. The Hall–Kier alpha value is -1.04. The van der Waals surface area contributed by atoms with Gasteiger partial charge in [-0.15, -0.1) is 0 Å². The van der Waals surface area contributed by atoms with Crippen molar-refractivity contribution in [1.29, 1.82) is 0 Å². The molecule has 1 aromatic heterocycles. The molecule has 6 heteroatoms. The monoisotopic (exact) mass is 264 g/mol. The van der Waals surface area contributed by atoms with E-state index in [-0.39, 0.29) is 21.1 Å². The molecule has 0 aliphatic rings. The van der Waals surface area contributed by atoms with Gasteiger partial charge in [0.1, 0.15) is 11.5 Å². The molecule has 0 fully saturated rings. The standard InChI is InChI=1S/C8H4BrF3N2/c9-4-1-3(10)2-5-6(4)7(8(11)12)14-13-5/h1-2,8H,(H,13,14). The molecular formula is C8H4BrF3N2. The molecule has 0 atom stereocenters. The lowest BCUT2D eigenvalue weighted by atomic mass is 10.2. The molecule has 1 N–H and O–H groups in total. The number of fused-ring (bicyclic) bond motifs is 1. The summed E-state index contributed by atoms with van der Waals surface area (Å²) < 4.78 is 38.0. The number of nitrogens with zero attached hydrogens (tertiary/aromatic N) is 1. The molecule has 0 saturated heterocycles. The van der Waals surface area contributed by atoms with Gasteiger partial charge in [0.05, 0.1) is 5.52 Å². The van der Waals surface area contributed by atoms with E-state index in [0.717, 1.165) is 12.1 Å². The minimum Gasteiger partial charge on any atom is -0.275 e. The van der Waals surface area contributed by atoms with Crippen molar-refractivity contribution in [3.63, 3.8) is 0 Å². The average Bonchev–Trinajstić information content (AvgIpc) is 2.47. The van der Waals surface area contributed by atoms with E-state index in [0.29, 0.717) is 0 Å². The van der Waals surface area contributed by atoms with Gasteiger partial charge >= 0.3 is 0 Å². The summed E-state index contributed by atoms with van der Waals surface area (Å²) >= 11 is 3.01. The van der Waals surface area contributed by atoms with E-state index in [4.69, 9.17) is 0 Å². The molecule has 2 nitrogen and oxygen atoms in total. The maximum atomic E-state index is 12.8. The van der Waals surface area contributed by atoms with Crippen LogP contribution in [-0.2, 0) is 0 Å². The summed E-state index contributed by atoms with van der Waals surface area (Å²) in [4.78, 5) is 0. The third-order valence-corrected chi connectivity index (χ3v) is 2.44. The molecule has 1 heterocycles. The summed E-state index contributed by atoms with van der Waals surface area (Å²) in [5.41, 5.74) is -0.112. The van der Waals surface area contributed by atoms with E-state index in [2.05, 4.69) is 26.1 Å². The van der Waals surface area contributed by atoms with Crippen molar-refractivity contribution in [3.8, 4) is 0 Å². The van der Waals surface area contributed by atoms with E-state index >= 15 is 0 Å². The number of alkyl halides is 2. The molecule has 0 unspecified atom stereocenters. The first-order chi connectivity index (χ1) is 6.59. The van der Waals surface area contributed by atoms with Gasteiger partial charge < -0.3 is 0 Å². The lowest BCUT2D eigenvalue weighted by Gasteiger charge is -1.98. The van der Waals surface area contributed by atoms with Gasteiger partial charge in [0.2, 0.25) is 0 Å². The Bertz CT molecular complexity index is 481. The molecule has 0 spiro atoms. The fraction of sp³-hybridized carbons (Fsp3) is 0.125. The van der Waals surface area contributed by atoms with Crippen LogP contribution in [-0.4, -0.2) is 10.2 Å². The first kappa shape index (κ1) is 9.51. The van der Waals surface area contributed by atoms with Gasteiger partial charge in [-0.3, -0.25) is 5.10 Å². The van der Waals surface area contributed by atoms with Gasteiger partial charge in [0, 0.05) is 15.9 Å². The molecule has 14 heavy (non-hydrogen) atoms. The van der Waals surface area contributed by atoms with Crippen molar-refractivity contribution >= 4 is 26.8 Å². The van der Waals surface area contributed by atoms with Crippen LogP contribution in [0.2, 0.25) is 0 Å². The molecule has 2 aromatic rings. The summed E-state index contributed by atoms with van der Waals surface area (Å²) in [6.45, 7) is 0. The molecule has 2 rings (SSSR count). The first-order valence-corrected chi connectivity index (χ1v) is 4.50. The Morgan fingerprint density at radius 3 is 2.71 bits per heavy atom. The normalized spacial score (nSPS) is 11.5. The fourth-order valence-corrected chi connectivity index (χ4v) is 1.88. The van der Waals surface area contributed by atoms with Gasteiger partial charge in [-0.25, -0.2) is 13.2 Å². The number of H-pyrrole nitrogens is 1. The average molecular weight is 265 g/mol. The fourth-order valence-electron chi connectivity index (χ4n) is 1.25. The van der Waals surface area contributed by atoms with Crippen LogP contribution in [0.4, 0.5) is 13.2 Å². The molecular weight excluding hydrogens is 261 g/mol. The number of hydrogen-bond donors (Lipinski definition) is 1. The van der Waals surface area contributed by atoms with Crippen molar-refractivity contribution in [2.24, 2.45) is 0 Å². The number of hydrogen-bond acceptors (Lipinski definition) is 1. The number of aromatic nitrogens is 2. The van der Waals surface area contributed by atoms with Gasteiger partial charge in [-0.1, -0.05) is 0 Å². The minimum absolute atomic E-state index is 0.187. The molecule has 0 aliphatic heterocycles. The molecule has 0 saturated carbocycles.